The van der Waals surface area contributed by atoms with Crippen molar-refractivity contribution in [2.75, 3.05) is 7.11 Å². The molecule has 0 aliphatic heterocycles. The molecule has 3 N–H and O–H groups in total. The molecule has 0 aliphatic carbocycles. The van der Waals surface area contributed by atoms with Crippen molar-refractivity contribution in [1.82, 2.24) is 5.32 Å². The van der Waals surface area contributed by atoms with Gasteiger partial charge in [0.1, 0.15) is 5.75 Å². The van der Waals surface area contributed by atoms with Gasteiger partial charge in [0.25, 0.3) is 5.91 Å². The third-order valence-corrected chi connectivity index (χ3v) is 3.31. The van der Waals surface area contributed by atoms with Gasteiger partial charge in [-0.15, -0.1) is 0 Å². The van der Waals surface area contributed by atoms with Gasteiger partial charge in [0.15, 0.2) is 0 Å². The van der Waals surface area contributed by atoms with Gasteiger partial charge in [0, 0.05) is 13.1 Å². The van der Waals surface area contributed by atoms with E-state index in [1.54, 1.807) is 13.2 Å². The van der Waals surface area contributed by atoms with E-state index in [0.717, 1.165) is 16.7 Å². The minimum atomic E-state index is -0.140. The van der Waals surface area contributed by atoms with Crippen LogP contribution in [0.15, 0.2) is 42.5 Å². The first-order chi connectivity index (χ1) is 10.1. The van der Waals surface area contributed by atoms with Crippen molar-refractivity contribution >= 4 is 5.91 Å². The van der Waals surface area contributed by atoms with E-state index in [4.69, 9.17) is 10.5 Å². The van der Waals surface area contributed by atoms with E-state index in [1.807, 2.05) is 43.3 Å². The minimum Gasteiger partial charge on any atom is -0.496 e. The third kappa shape index (κ3) is 3.83. The van der Waals surface area contributed by atoms with E-state index in [9.17, 15) is 4.79 Å². The standard InChI is InChI=1S/C17H20N2O2/c1-12-3-8-16(21-2)15(9-12)17(20)19-11-14-6-4-13(10-18)5-7-14/h3-9H,10-11,18H2,1-2H3,(H,19,20). The molecule has 0 spiro atoms. The molecule has 110 valence electrons. The molecule has 0 saturated carbocycles. The van der Waals surface area contributed by atoms with Crippen LogP contribution in [-0.4, -0.2) is 13.0 Å². The van der Waals surface area contributed by atoms with Crippen LogP contribution in [0.3, 0.4) is 0 Å². The number of rotatable bonds is 5. The van der Waals surface area contributed by atoms with Crippen molar-refractivity contribution in [3.8, 4) is 5.75 Å². The highest BCUT2D eigenvalue weighted by atomic mass is 16.5. The monoisotopic (exact) mass is 284 g/mol. The van der Waals surface area contributed by atoms with Crippen LogP contribution in [0.2, 0.25) is 0 Å². The van der Waals surface area contributed by atoms with Crippen molar-refractivity contribution in [3.63, 3.8) is 0 Å². The average molecular weight is 284 g/mol. The number of carbonyl (C=O) groups excluding carboxylic acids is 1. The highest BCUT2D eigenvalue weighted by Crippen LogP contribution is 2.19. The Kier molecular flexibility index (Phi) is 4.95. The first-order valence-corrected chi connectivity index (χ1v) is 6.84. The van der Waals surface area contributed by atoms with E-state index < -0.39 is 0 Å². The SMILES string of the molecule is COc1ccc(C)cc1C(=O)NCc1ccc(CN)cc1. The Morgan fingerprint density at radius 3 is 2.43 bits per heavy atom. The smallest absolute Gasteiger partial charge is 0.255 e. The Hall–Kier alpha value is -2.33. The Morgan fingerprint density at radius 1 is 1.14 bits per heavy atom. The van der Waals surface area contributed by atoms with Gasteiger partial charge in [0.05, 0.1) is 12.7 Å². The number of amides is 1. The van der Waals surface area contributed by atoms with Crippen LogP contribution in [0.1, 0.15) is 27.0 Å². The van der Waals surface area contributed by atoms with Gasteiger partial charge in [-0.25, -0.2) is 0 Å². The molecule has 0 radical (unpaired) electrons. The molecule has 0 bridgehead atoms. The average Bonchev–Trinajstić information content (AvgIpc) is 2.53. The summed E-state index contributed by atoms with van der Waals surface area (Å²) in [5.74, 6) is 0.440. The molecular weight excluding hydrogens is 264 g/mol. The fourth-order valence-corrected chi connectivity index (χ4v) is 2.07. The molecule has 2 aromatic carbocycles. The molecule has 0 fully saturated rings. The molecule has 0 aliphatic rings. The number of hydrogen-bond donors (Lipinski definition) is 2. The molecule has 2 rings (SSSR count). The van der Waals surface area contributed by atoms with Gasteiger partial charge in [-0.05, 0) is 30.2 Å². The Morgan fingerprint density at radius 2 is 1.81 bits per heavy atom. The lowest BCUT2D eigenvalue weighted by molar-refractivity contribution is 0.0948. The second-order valence-electron chi connectivity index (χ2n) is 4.91. The van der Waals surface area contributed by atoms with Gasteiger partial charge >= 0.3 is 0 Å². The molecule has 0 heterocycles. The summed E-state index contributed by atoms with van der Waals surface area (Å²) in [5, 5.41) is 2.90. The molecule has 0 atom stereocenters. The first kappa shape index (κ1) is 15.1. The molecule has 4 nitrogen and oxygen atoms in total. The second-order valence-corrected chi connectivity index (χ2v) is 4.91. The van der Waals surface area contributed by atoms with Crippen LogP contribution in [0, 0.1) is 6.92 Å². The molecule has 0 saturated heterocycles. The number of hydrogen-bond acceptors (Lipinski definition) is 3. The van der Waals surface area contributed by atoms with Gasteiger partial charge in [-0.1, -0.05) is 35.9 Å². The van der Waals surface area contributed by atoms with Crippen LogP contribution in [-0.2, 0) is 13.1 Å². The van der Waals surface area contributed by atoms with Crippen molar-refractivity contribution < 1.29 is 9.53 Å². The summed E-state index contributed by atoms with van der Waals surface area (Å²) in [5.41, 5.74) is 9.24. The van der Waals surface area contributed by atoms with Crippen molar-refractivity contribution in [2.45, 2.75) is 20.0 Å². The summed E-state index contributed by atoms with van der Waals surface area (Å²) in [6.45, 7) is 2.94. The normalized spacial score (nSPS) is 10.2. The highest BCUT2D eigenvalue weighted by Gasteiger charge is 2.12. The maximum Gasteiger partial charge on any atom is 0.255 e. The maximum atomic E-state index is 12.3. The molecule has 1 amide bonds. The van der Waals surface area contributed by atoms with E-state index in [1.165, 1.54) is 0 Å². The summed E-state index contributed by atoms with van der Waals surface area (Å²) in [6.07, 6.45) is 0. The molecular formula is C17H20N2O2. The summed E-state index contributed by atoms with van der Waals surface area (Å²) < 4.78 is 5.23. The Balaban J connectivity index is 2.05. The van der Waals surface area contributed by atoms with Crippen LogP contribution in [0.4, 0.5) is 0 Å². The second kappa shape index (κ2) is 6.90. The number of carbonyl (C=O) groups is 1. The third-order valence-electron chi connectivity index (χ3n) is 3.31. The zero-order valence-corrected chi connectivity index (χ0v) is 12.3. The van der Waals surface area contributed by atoms with Crippen LogP contribution in [0.5, 0.6) is 5.75 Å². The number of ether oxygens (including phenoxy) is 1. The van der Waals surface area contributed by atoms with Crippen molar-refractivity contribution in [3.05, 3.63) is 64.7 Å². The topological polar surface area (TPSA) is 64.3 Å². The van der Waals surface area contributed by atoms with E-state index in [2.05, 4.69) is 5.32 Å². The number of nitrogens with two attached hydrogens (primary N) is 1. The molecule has 0 aromatic heterocycles. The summed E-state index contributed by atoms with van der Waals surface area (Å²) in [4.78, 5) is 12.3. The van der Waals surface area contributed by atoms with E-state index in [-0.39, 0.29) is 5.91 Å². The Bertz CT molecular complexity index is 621. The minimum absolute atomic E-state index is 0.140. The summed E-state index contributed by atoms with van der Waals surface area (Å²) in [7, 11) is 1.56. The maximum absolute atomic E-state index is 12.3. The van der Waals surface area contributed by atoms with Gasteiger partial charge < -0.3 is 15.8 Å². The lowest BCUT2D eigenvalue weighted by Crippen LogP contribution is -2.23. The first-order valence-electron chi connectivity index (χ1n) is 6.84. The van der Waals surface area contributed by atoms with Gasteiger partial charge in [0.2, 0.25) is 0 Å². The number of benzene rings is 2. The zero-order valence-electron chi connectivity index (χ0n) is 12.3. The fourth-order valence-electron chi connectivity index (χ4n) is 2.07. The quantitative estimate of drug-likeness (QED) is 0.886. The van der Waals surface area contributed by atoms with Crippen LogP contribution >= 0.6 is 0 Å². The molecule has 2 aromatic rings. The fraction of sp³-hybridized carbons (Fsp3) is 0.235. The number of aryl methyl sites for hydroxylation is 1. The molecule has 0 unspecified atom stereocenters. The van der Waals surface area contributed by atoms with Crippen LogP contribution in [0.25, 0.3) is 0 Å². The summed E-state index contributed by atoms with van der Waals surface area (Å²) >= 11 is 0. The predicted molar refractivity (Wildman–Crippen MR) is 83.2 cm³/mol. The van der Waals surface area contributed by atoms with Gasteiger partial charge in [-0.3, -0.25) is 4.79 Å². The van der Waals surface area contributed by atoms with E-state index >= 15 is 0 Å². The predicted octanol–water partition coefficient (Wildman–Crippen LogP) is 2.39. The zero-order chi connectivity index (χ0) is 15.2. The number of methoxy groups -OCH3 is 1. The number of nitrogens with one attached hydrogen (secondary N) is 1. The van der Waals surface area contributed by atoms with E-state index in [0.29, 0.717) is 24.4 Å². The lowest BCUT2D eigenvalue weighted by atomic mass is 10.1. The molecule has 21 heavy (non-hydrogen) atoms. The highest BCUT2D eigenvalue weighted by molar-refractivity contribution is 5.97. The molecule has 4 heteroatoms. The Labute approximate surface area is 124 Å². The van der Waals surface area contributed by atoms with Crippen molar-refractivity contribution in [2.24, 2.45) is 5.73 Å². The van der Waals surface area contributed by atoms with Gasteiger partial charge in [-0.2, -0.15) is 0 Å². The van der Waals surface area contributed by atoms with Crippen molar-refractivity contribution in [1.29, 1.82) is 0 Å². The lowest BCUT2D eigenvalue weighted by Gasteiger charge is -2.10. The largest absolute Gasteiger partial charge is 0.496 e. The summed E-state index contributed by atoms with van der Waals surface area (Å²) in [6, 6.07) is 13.4. The van der Waals surface area contributed by atoms with Crippen LogP contribution < -0.4 is 15.8 Å².